The van der Waals surface area contributed by atoms with E-state index < -0.39 is 0 Å². The van der Waals surface area contributed by atoms with Crippen LogP contribution in [-0.2, 0) is 4.79 Å². The first-order valence-electron chi connectivity index (χ1n) is 8.13. The summed E-state index contributed by atoms with van der Waals surface area (Å²) in [6.07, 6.45) is 2.97. The Labute approximate surface area is 158 Å². The van der Waals surface area contributed by atoms with Gasteiger partial charge in [0.1, 0.15) is 5.75 Å². The molecule has 0 atom stereocenters. The zero-order valence-electron chi connectivity index (χ0n) is 14.9. The summed E-state index contributed by atoms with van der Waals surface area (Å²) in [7, 11) is 1.55. The largest absolute Gasteiger partial charge is 0.496 e. The summed E-state index contributed by atoms with van der Waals surface area (Å²) in [6, 6.07) is 12.0. The Hall–Kier alpha value is -2.79. The molecule has 0 saturated heterocycles. The van der Waals surface area contributed by atoms with Crippen molar-refractivity contribution in [2.75, 3.05) is 12.4 Å². The number of ether oxygens (including phenoxy) is 1. The van der Waals surface area contributed by atoms with E-state index in [1.54, 1.807) is 55.7 Å². The van der Waals surface area contributed by atoms with Crippen molar-refractivity contribution in [2.45, 2.75) is 19.9 Å². The van der Waals surface area contributed by atoms with Crippen LogP contribution >= 0.6 is 11.6 Å². The van der Waals surface area contributed by atoms with Crippen LogP contribution in [0.5, 0.6) is 5.75 Å². The first-order chi connectivity index (χ1) is 12.4. The molecule has 0 spiro atoms. The lowest BCUT2D eigenvalue weighted by atomic mass is 10.1. The van der Waals surface area contributed by atoms with E-state index in [0.29, 0.717) is 27.6 Å². The van der Waals surface area contributed by atoms with Gasteiger partial charge in [-0.05, 0) is 50.3 Å². The van der Waals surface area contributed by atoms with Crippen molar-refractivity contribution >= 4 is 35.2 Å². The molecular weight excluding hydrogens is 352 g/mol. The van der Waals surface area contributed by atoms with Gasteiger partial charge in [-0.2, -0.15) is 0 Å². The number of para-hydroxylation sites is 1. The van der Waals surface area contributed by atoms with Gasteiger partial charge in [0.2, 0.25) is 5.91 Å². The second kappa shape index (κ2) is 9.06. The molecule has 2 aromatic rings. The van der Waals surface area contributed by atoms with Crippen LogP contribution in [0.1, 0.15) is 29.8 Å². The Morgan fingerprint density at radius 3 is 2.58 bits per heavy atom. The second-order valence-corrected chi connectivity index (χ2v) is 6.32. The Balaban J connectivity index is 2.16. The van der Waals surface area contributed by atoms with Crippen molar-refractivity contribution in [3.05, 3.63) is 64.7 Å². The number of amides is 2. The summed E-state index contributed by atoms with van der Waals surface area (Å²) in [6.45, 7) is 3.75. The van der Waals surface area contributed by atoms with Crippen molar-refractivity contribution in [3.8, 4) is 5.75 Å². The van der Waals surface area contributed by atoms with E-state index in [0.717, 1.165) is 0 Å². The minimum absolute atomic E-state index is 0.00134. The molecule has 0 aliphatic rings. The van der Waals surface area contributed by atoms with E-state index in [4.69, 9.17) is 16.3 Å². The van der Waals surface area contributed by atoms with E-state index in [-0.39, 0.29) is 17.9 Å². The molecule has 26 heavy (non-hydrogen) atoms. The number of halogens is 1. The number of rotatable bonds is 6. The lowest BCUT2D eigenvalue weighted by Crippen LogP contribution is -2.30. The highest BCUT2D eigenvalue weighted by atomic mass is 35.5. The maximum absolute atomic E-state index is 12.3. The fraction of sp³-hybridized carbons (Fsp3) is 0.200. The van der Waals surface area contributed by atoms with Gasteiger partial charge >= 0.3 is 0 Å². The Bertz CT molecular complexity index is 832. The van der Waals surface area contributed by atoms with Gasteiger partial charge in [0, 0.05) is 22.7 Å². The number of carbonyl (C=O) groups excluding carboxylic acids is 2. The van der Waals surface area contributed by atoms with Gasteiger partial charge in [-0.25, -0.2) is 0 Å². The number of anilines is 1. The molecule has 0 fully saturated rings. The standard InChI is InChI=1S/C20H21ClN2O3/c1-13(2)22-20(25)16-6-4-5-7-17(16)23-19(24)11-8-14-12-15(21)9-10-18(14)26-3/h4-13H,1-3H3,(H,22,25)(H,23,24)/b11-8+. The smallest absolute Gasteiger partial charge is 0.253 e. The third kappa shape index (κ3) is 5.36. The van der Waals surface area contributed by atoms with Gasteiger partial charge in [0.15, 0.2) is 0 Å². The molecule has 2 aromatic carbocycles. The van der Waals surface area contributed by atoms with Crippen LogP contribution in [0.4, 0.5) is 5.69 Å². The predicted molar refractivity (Wildman–Crippen MR) is 105 cm³/mol. The van der Waals surface area contributed by atoms with Gasteiger partial charge in [0.25, 0.3) is 5.91 Å². The third-order valence-corrected chi connectivity index (χ3v) is 3.69. The van der Waals surface area contributed by atoms with Crippen molar-refractivity contribution in [1.82, 2.24) is 5.32 Å². The number of carbonyl (C=O) groups is 2. The molecule has 5 nitrogen and oxygen atoms in total. The zero-order chi connectivity index (χ0) is 19.1. The van der Waals surface area contributed by atoms with E-state index in [2.05, 4.69) is 10.6 Å². The van der Waals surface area contributed by atoms with Crippen LogP contribution < -0.4 is 15.4 Å². The number of nitrogens with one attached hydrogen (secondary N) is 2. The monoisotopic (exact) mass is 372 g/mol. The van der Waals surface area contributed by atoms with Crippen LogP contribution in [0.15, 0.2) is 48.5 Å². The highest BCUT2D eigenvalue weighted by Crippen LogP contribution is 2.24. The summed E-state index contributed by atoms with van der Waals surface area (Å²) in [5, 5.41) is 6.08. The van der Waals surface area contributed by atoms with Crippen molar-refractivity contribution in [2.24, 2.45) is 0 Å². The zero-order valence-corrected chi connectivity index (χ0v) is 15.6. The minimum atomic E-state index is -0.364. The molecule has 2 amide bonds. The number of hydrogen-bond acceptors (Lipinski definition) is 3. The molecule has 136 valence electrons. The van der Waals surface area contributed by atoms with Crippen LogP contribution in [0, 0.1) is 0 Å². The molecular formula is C20H21ClN2O3. The molecule has 0 unspecified atom stereocenters. The molecule has 2 rings (SSSR count). The number of hydrogen-bond donors (Lipinski definition) is 2. The SMILES string of the molecule is COc1ccc(Cl)cc1/C=C/C(=O)Nc1ccccc1C(=O)NC(C)C. The lowest BCUT2D eigenvalue weighted by molar-refractivity contribution is -0.111. The number of methoxy groups -OCH3 is 1. The van der Waals surface area contributed by atoms with Crippen LogP contribution in [0.2, 0.25) is 5.02 Å². The average Bonchev–Trinajstić information content (AvgIpc) is 2.60. The summed E-state index contributed by atoms with van der Waals surface area (Å²) in [5.41, 5.74) is 1.53. The fourth-order valence-corrected chi connectivity index (χ4v) is 2.49. The maximum Gasteiger partial charge on any atom is 0.253 e. The maximum atomic E-state index is 12.3. The average molecular weight is 373 g/mol. The summed E-state index contributed by atoms with van der Waals surface area (Å²) < 4.78 is 5.24. The van der Waals surface area contributed by atoms with E-state index >= 15 is 0 Å². The first-order valence-corrected chi connectivity index (χ1v) is 8.51. The fourth-order valence-electron chi connectivity index (χ4n) is 2.31. The van der Waals surface area contributed by atoms with E-state index in [9.17, 15) is 9.59 Å². The predicted octanol–water partition coefficient (Wildman–Crippen LogP) is 4.14. The molecule has 0 aromatic heterocycles. The summed E-state index contributed by atoms with van der Waals surface area (Å²) >= 11 is 5.98. The third-order valence-electron chi connectivity index (χ3n) is 3.46. The highest BCUT2D eigenvalue weighted by molar-refractivity contribution is 6.30. The highest BCUT2D eigenvalue weighted by Gasteiger charge is 2.13. The van der Waals surface area contributed by atoms with Crippen molar-refractivity contribution in [3.63, 3.8) is 0 Å². The van der Waals surface area contributed by atoms with Gasteiger partial charge in [0.05, 0.1) is 18.4 Å². The molecule has 0 radical (unpaired) electrons. The first kappa shape index (κ1) is 19.5. The molecule has 6 heteroatoms. The van der Waals surface area contributed by atoms with E-state index in [1.165, 1.54) is 6.08 Å². The molecule has 0 aliphatic carbocycles. The van der Waals surface area contributed by atoms with Gasteiger partial charge in [-0.15, -0.1) is 0 Å². The Morgan fingerprint density at radius 2 is 1.88 bits per heavy atom. The van der Waals surface area contributed by atoms with Crippen LogP contribution in [0.25, 0.3) is 6.08 Å². The van der Waals surface area contributed by atoms with E-state index in [1.807, 2.05) is 13.8 Å². The molecule has 0 bridgehead atoms. The topological polar surface area (TPSA) is 67.4 Å². The van der Waals surface area contributed by atoms with Crippen molar-refractivity contribution < 1.29 is 14.3 Å². The van der Waals surface area contributed by atoms with Gasteiger partial charge in [-0.1, -0.05) is 23.7 Å². The molecule has 0 aliphatic heterocycles. The minimum Gasteiger partial charge on any atom is -0.496 e. The second-order valence-electron chi connectivity index (χ2n) is 5.88. The van der Waals surface area contributed by atoms with Crippen molar-refractivity contribution in [1.29, 1.82) is 0 Å². The molecule has 0 heterocycles. The van der Waals surface area contributed by atoms with Gasteiger partial charge in [-0.3, -0.25) is 9.59 Å². The molecule has 0 saturated carbocycles. The molecule has 2 N–H and O–H groups in total. The Kier molecular flexibility index (Phi) is 6.81. The normalized spacial score (nSPS) is 10.8. The van der Waals surface area contributed by atoms with Crippen LogP contribution in [0.3, 0.4) is 0 Å². The quantitative estimate of drug-likeness (QED) is 0.749. The summed E-state index contributed by atoms with van der Waals surface area (Å²) in [5.74, 6) is 0.00313. The van der Waals surface area contributed by atoms with Gasteiger partial charge < -0.3 is 15.4 Å². The Morgan fingerprint density at radius 1 is 1.15 bits per heavy atom. The number of benzene rings is 2. The summed E-state index contributed by atoms with van der Waals surface area (Å²) in [4.78, 5) is 24.5. The van der Waals surface area contributed by atoms with Crippen LogP contribution in [-0.4, -0.2) is 25.0 Å². The lowest BCUT2D eigenvalue weighted by Gasteiger charge is -2.12.